The number of fused-ring (bicyclic) bond motifs is 1. The van der Waals surface area contributed by atoms with Gasteiger partial charge in [0.25, 0.3) is 5.91 Å². The van der Waals surface area contributed by atoms with Gasteiger partial charge in [0.05, 0.1) is 30.7 Å². The molecule has 0 bridgehead atoms. The van der Waals surface area contributed by atoms with Gasteiger partial charge >= 0.3 is 0 Å². The zero-order valence-electron chi connectivity index (χ0n) is 22.6. The van der Waals surface area contributed by atoms with E-state index >= 15 is 0 Å². The average molecular weight is 612 g/mol. The number of benzene rings is 2. The number of phenols is 1. The van der Waals surface area contributed by atoms with Gasteiger partial charge in [-0.1, -0.05) is 20.8 Å². The summed E-state index contributed by atoms with van der Waals surface area (Å²) in [5, 5.41) is 22.1. The topological polar surface area (TPSA) is 140 Å². The van der Waals surface area contributed by atoms with Gasteiger partial charge in [-0.05, 0) is 42.2 Å². The Labute approximate surface area is 234 Å². The second kappa shape index (κ2) is 11.3. The number of carbonyl (C=O) groups excluding carboxylic acids is 2. The molecule has 38 heavy (non-hydrogen) atoms. The van der Waals surface area contributed by atoms with E-state index in [1.807, 2.05) is 20.8 Å². The Hall–Kier alpha value is -3.12. The predicted molar refractivity (Wildman–Crippen MR) is 153 cm³/mol. The molecule has 1 heterocycles. The number of phenolic OH excluding ortho intramolecular Hbond substituents is 1. The third-order valence-corrected chi connectivity index (χ3v) is 7.49. The molecule has 0 aliphatic carbocycles. The van der Waals surface area contributed by atoms with Gasteiger partial charge in [-0.3, -0.25) is 19.3 Å². The first-order valence-corrected chi connectivity index (χ1v) is 13.6. The molecule has 1 amide bonds. The minimum Gasteiger partial charge on any atom is -0.505 e. The van der Waals surface area contributed by atoms with E-state index in [0.29, 0.717) is 29.0 Å². The first-order valence-electron chi connectivity index (χ1n) is 11.8. The molecule has 0 aromatic heterocycles. The standard InChI is InChI=1S/C26H34N4O6S.BrH/c1-8-36-22-12-17-16(9-18(22)25(33)28-5)13-30(24(17)27)14-21(31)15-10-19(26(2,3)4)23(32)20(11-15)29(6)37(7,34)35;/h9-12,27,32H,8,13-14H2,1-7H3,(H,28,33);1H. The number of aromatic hydroxyl groups is 1. The zero-order valence-corrected chi connectivity index (χ0v) is 25.2. The lowest BCUT2D eigenvalue weighted by Gasteiger charge is -2.26. The molecule has 1 aliphatic heterocycles. The summed E-state index contributed by atoms with van der Waals surface area (Å²) in [5.41, 5.74) is 1.73. The predicted octanol–water partition coefficient (Wildman–Crippen LogP) is 3.45. The highest BCUT2D eigenvalue weighted by atomic mass is 79.9. The third kappa shape index (κ3) is 6.12. The Morgan fingerprint density at radius 2 is 1.84 bits per heavy atom. The number of ether oxygens (including phenoxy) is 1. The van der Waals surface area contributed by atoms with E-state index in [1.165, 1.54) is 20.2 Å². The smallest absolute Gasteiger partial charge is 0.254 e. The normalized spacial score (nSPS) is 13.0. The van der Waals surface area contributed by atoms with Crippen LogP contribution in [0.25, 0.3) is 0 Å². The van der Waals surface area contributed by atoms with Gasteiger partial charge in [0, 0.05) is 37.3 Å². The monoisotopic (exact) mass is 610 g/mol. The highest BCUT2D eigenvalue weighted by Crippen LogP contribution is 2.40. The van der Waals surface area contributed by atoms with Crippen molar-refractivity contribution in [1.29, 1.82) is 5.41 Å². The van der Waals surface area contributed by atoms with Gasteiger partial charge in [0.1, 0.15) is 17.3 Å². The van der Waals surface area contributed by atoms with Crippen molar-refractivity contribution in [3.63, 3.8) is 0 Å². The number of sulfonamides is 1. The molecule has 0 spiro atoms. The summed E-state index contributed by atoms with van der Waals surface area (Å²) in [7, 11) is -0.857. The van der Waals surface area contributed by atoms with E-state index in [1.54, 1.807) is 30.0 Å². The maximum Gasteiger partial charge on any atom is 0.254 e. The van der Waals surface area contributed by atoms with E-state index < -0.39 is 15.4 Å². The van der Waals surface area contributed by atoms with Crippen LogP contribution in [0.3, 0.4) is 0 Å². The molecular weight excluding hydrogens is 576 g/mol. The summed E-state index contributed by atoms with van der Waals surface area (Å²) in [6.07, 6.45) is 1.02. The van der Waals surface area contributed by atoms with Crippen molar-refractivity contribution < 1.29 is 27.9 Å². The van der Waals surface area contributed by atoms with Crippen molar-refractivity contribution in [3.05, 3.63) is 52.1 Å². The number of carbonyl (C=O) groups is 2. The number of nitrogens with zero attached hydrogens (tertiary/aromatic N) is 2. The van der Waals surface area contributed by atoms with Crippen molar-refractivity contribution in [1.82, 2.24) is 10.2 Å². The van der Waals surface area contributed by atoms with Gasteiger partial charge in [-0.15, -0.1) is 17.0 Å². The average Bonchev–Trinajstić information content (AvgIpc) is 3.10. The van der Waals surface area contributed by atoms with Crippen LogP contribution in [-0.2, 0) is 22.0 Å². The zero-order chi connectivity index (χ0) is 27.9. The SMILES string of the molecule is Br.CCOc1cc2c(cc1C(=O)NC)CN(CC(=O)c1cc(N(C)S(C)(=O)=O)c(O)c(C(C)(C)C)c1)C2=N. The number of nitrogens with one attached hydrogen (secondary N) is 2. The van der Waals surface area contributed by atoms with Crippen LogP contribution in [0.1, 0.15) is 65.1 Å². The summed E-state index contributed by atoms with van der Waals surface area (Å²) in [5.74, 6) is -0.378. The van der Waals surface area contributed by atoms with E-state index in [2.05, 4.69) is 5.32 Å². The Balaban J connectivity index is 0.00000507. The molecular formula is C26H35BrN4O6S. The summed E-state index contributed by atoms with van der Waals surface area (Å²) in [4.78, 5) is 27.4. The van der Waals surface area contributed by atoms with Crippen LogP contribution in [0, 0.1) is 5.41 Å². The second-order valence-corrected chi connectivity index (χ2v) is 12.0. The first kappa shape index (κ1) is 31.1. The lowest BCUT2D eigenvalue weighted by Crippen LogP contribution is -2.31. The maximum atomic E-state index is 13.4. The molecule has 2 aromatic rings. The molecule has 1 aliphatic rings. The van der Waals surface area contributed by atoms with Crippen molar-refractivity contribution in [2.45, 2.75) is 39.7 Å². The molecule has 10 nitrogen and oxygen atoms in total. The molecule has 3 rings (SSSR count). The number of ketones is 1. The number of anilines is 1. The number of hydrogen-bond donors (Lipinski definition) is 3. The van der Waals surface area contributed by atoms with Gasteiger partial charge in [0.2, 0.25) is 10.0 Å². The molecule has 12 heteroatoms. The minimum atomic E-state index is -3.70. The van der Waals surface area contributed by atoms with E-state index in [-0.39, 0.29) is 64.6 Å². The highest BCUT2D eigenvalue weighted by Gasteiger charge is 2.31. The largest absolute Gasteiger partial charge is 0.505 e. The summed E-state index contributed by atoms with van der Waals surface area (Å²) < 4.78 is 31.0. The number of amidine groups is 1. The molecule has 0 fully saturated rings. The Morgan fingerprint density at radius 3 is 2.37 bits per heavy atom. The van der Waals surface area contributed by atoms with E-state index in [0.717, 1.165) is 16.1 Å². The van der Waals surface area contributed by atoms with Crippen LogP contribution in [0.5, 0.6) is 11.5 Å². The number of halogens is 1. The molecule has 0 unspecified atom stereocenters. The van der Waals surface area contributed by atoms with E-state index in [4.69, 9.17) is 10.1 Å². The highest BCUT2D eigenvalue weighted by molar-refractivity contribution is 8.93. The van der Waals surface area contributed by atoms with Crippen molar-refractivity contribution >= 4 is 50.2 Å². The summed E-state index contributed by atoms with van der Waals surface area (Å²) in [6, 6.07) is 6.25. The fourth-order valence-electron chi connectivity index (χ4n) is 4.19. The maximum absolute atomic E-state index is 13.4. The van der Waals surface area contributed by atoms with Crippen LogP contribution >= 0.6 is 17.0 Å². The van der Waals surface area contributed by atoms with Crippen LogP contribution in [0.4, 0.5) is 5.69 Å². The fraction of sp³-hybridized carbons (Fsp3) is 0.423. The van der Waals surface area contributed by atoms with Gasteiger partial charge in [-0.2, -0.15) is 0 Å². The number of rotatable bonds is 8. The molecule has 0 radical (unpaired) electrons. The lowest BCUT2D eigenvalue weighted by atomic mass is 9.84. The van der Waals surface area contributed by atoms with Crippen molar-refractivity contribution in [3.8, 4) is 11.5 Å². The molecule has 208 valence electrons. The van der Waals surface area contributed by atoms with Gasteiger partial charge in [-0.25, -0.2) is 8.42 Å². The summed E-state index contributed by atoms with van der Waals surface area (Å²) >= 11 is 0. The summed E-state index contributed by atoms with van der Waals surface area (Å²) in [6.45, 7) is 7.81. The number of hydrogen-bond acceptors (Lipinski definition) is 7. The Bertz CT molecular complexity index is 1390. The quantitative estimate of drug-likeness (QED) is 0.389. The van der Waals surface area contributed by atoms with Crippen molar-refractivity contribution in [2.75, 3.05) is 37.8 Å². The minimum absolute atomic E-state index is 0. The third-order valence-electron chi connectivity index (χ3n) is 6.30. The van der Waals surface area contributed by atoms with Crippen molar-refractivity contribution in [2.24, 2.45) is 0 Å². The Morgan fingerprint density at radius 1 is 1.21 bits per heavy atom. The molecule has 2 aromatic carbocycles. The lowest BCUT2D eigenvalue weighted by molar-refractivity contribution is 0.0951. The van der Waals surface area contributed by atoms with Crippen LogP contribution < -0.4 is 14.4 Å². The second-order valence-electron chi connectivity index (χ2n) is 10.0. The van der Waals surface area contributed by atoms with Crippen LogP contribution in [0.15, 0.2) is 24.3 Å². The van der Waals surface area contributed by atoms with E-state index in [9.17, 15) is 23.1 Å². The fourth-order valence-corrected chi connectivity index (χ4v) is 4.68. The number of amides is 1. The number of Topliss-reactive ketones (excluding diaryl/α,β-unsaturated/α-hetero) is 1. The van der Waals surface area contributed by atoms with Gasteiger partial charge in [0.15, 0.2) is 5.78 Å². The molecule has 0 saturated heterocycles. The van der Waals surface area contributed by atoms with Crippen LogP contribution in [-0.4, -0.2) is 69.5 Å². The molecule has 3 N–H and O–H groups in total. The molecule has 0 atom stereocenters. The Kier molecular flexibility index (Phi) is 9.27. The first-order chi connectivity index (χ1) is 17.1. The van der Waals surface area contributed by atoms with Crippen LogP contribution in [0.2, 0.25) is 0 Å². The molecule has 0 saturated carbocycles. The van der Waals surface area contributed by atoms with Gasteiger partial charge < -0.3 is 20.1 Å².